The van der Waals surface area contributed by atoms with Gasteiger partial charge < -0.3 is 9.84 Å². The second-order valence-corrected chi connectivity index (χ2v) is 7.26. The average Bonchev–Trinajstić information content (AvgIpc) is 3.19. The monoisotopic (exact) mass is 326 g/mol. The molecule has 1 aromatic heterocycles. The Morgan fingerprint density at radius 1 is 1.21 bits per heavy atom. The summed E-state index contributed by atoms with van der Waals surface area (Å²) in [5, 5.41) is 7.56. The van der Waals surface area contributed by atoms with Crippen LogP contribution < -0.4 is 5.32 Å². The van der Waals surface area contributed by atoms with Crippen LogP contribution in [0.15, 0.2) is 34.9 Å². The first-order valence-electron chi connectivity index (χ1n) is 9.07. The molecule has 1 aliphatic heterocycles. The average molecular weight is 326 g/mol. The number of nitrogens with one attached hydrogen (secondary N) is 1. The van der Waals surface area contributed by atoms with Crippen LogP contribution in [0.4, 0.5) is 0 Å². The molecule has 0 spiro atoms. The number of fused-ring (bicyclic) bond motifs is 1. The van der Waals surface area contributed by atoms with E-state index in [1.807, 2.05) is 6.92 Å². The van der Waals surface area contributed by atoms with Gasteiger partial charge in [0.2, 0.25) is 5.89 Å². The van der Waals surface area contributed by atoms with Crippen LogP contribution in [0.1, 0.15) is 36.5 Å². The summed E-state index contributed by atoms with van der Waals surface area (Å²) in [6.07, 6.45) is 3.95. The molecule has 128 valence electrons. The van der Waals surface area contributed by atoms with E-state index < -0.39 is 0 Å². The number of nitrogens with zero attached hydrogens (tertiary/aromatic N) is 3. The lowest BCUT2D eigenvalue weighted by atomic mass is 9.78. The van der Waals surface area contributed by atoms with E-state index in [-0.39, 0.29) is 0 Å². The van der Waals surface area contributed by atoms with Crippen molar-refractivity contribution in [2.24, 2.45) is 11.8 Å². The smallest absolute Gasteiger partial charge is 0.240 e. The number of aryl methyl sites for hydroxylation is 1. The second-order valence-electron chi connectivity index (χ2n) is 7.26. The molecule has 4 rings (SSSR count). The van der Waals surface area contributed by atoms with E-state index in [0.717, 1.165) is 18.4 Å². The fourth-order valence-corrected chi connectivity index (χ4v) is 4.42. The highest BCUT2D eigenvalue weighted by molar-refractivity contribution is 5.15. The number of aromatic nitrogens is 2. The van der Waals surface area contributed by atoms with Crippen LogP contribution in [-0.4, -0.2) is 34.2 Å². The SMILES string of the molecule is Cc1noc(CN[C@@H]2CCC[C@H]3CN(Cc4ccccc4)C[C@H]32)n1. The minimum absolute atomic E-state index is 0.566. The van der Waals surface area contributed by atoms with Crippen LogP contribution in [0.3, 0.4) is 0 Å². The minimum atomic E-state index is 0.566. The summed E-state index contributed by atoms with van der Waals surface area (Å²) in [6.45, 7) is 6.05. The van der Waals surface area contributed by atoms with Gasteiger partial charge in [-0.3, -0.25) is 4.90 Å². The molecule has 1 aliphatic carbocycles. The Bertz CT molecular complexity index is 656. The molecule has 2 aromatic rings. The summed E-state index contributed by atoms with van der Waals surface area (Å²) in [5.74, 6) is 2.98. The number of likely N-dealkylation sites (tertiary alicyclic amines) is 1. The number of benzene rings is 1. The second kappa shape index (κ2) is 7.03. The summed E-state index contributed by atoms with van der Waals surface area (Å²) < 4.78 is 5.23. The third kappa shape index (κ3) is 3.52. The molecule has 0 radical (unpaired) electrons. The third-order valence-electron chi connectivity index (χ3n) is 5.51. The molecule has 1 saturated carbocycles. The Morgan fingerprint density at radius 3 is 2.88 bits per heavy atom. The molecule has 5 heteroatoms. The lowest BCUT2D eigenvalue weighted by Gasteiger charge is -2.33. The molecule has 3 atom stereocenters. The van der Waals surface area contributed by atoms with Gasteiger partial charge in [-0.25, -0.2) is 0 Å². The van der Waals surface area contributed by atoms with Crippen molar-refractivity contribution < 1.29 is 4.52 Å². The zero-order chi connectivity index (χ0) is 16.4. The van der Waals surface area contributed by atoms with Gasteiger partial charge in [-0.2, -0.15) is 4.98 Å². The first-order chi connectivity index (χ1) is 11.8. The highest BCUT2D eigenvalue weighted by Gasteiger charge is 2.39. The van der Waals surface area contributed by atoms with Crippen LogP contribution in [0.25, 0.3) is 0 Å². The van der Waals surface area contributed by atoms with Crippen molar-refractivity contribution in [2.45, 2.75) is 45.3 Å². The summed E-state index contributed by atoms with van der Waals surface area (Å²) in [5.41, 5.74) is 1.42. The molecule has 0 unspecified atom stereocenters. The van der Waals surface area contributed by atoms with Gasteiger partial charge in [0.05, 0.1) is 6.54 Å². The third-order valence-corrected chi connectivity index (χ3v) is 5.51. The van der Waals surface area contributed by atoms with Crippen LogP contribution >= 0.6 is 0 Å². The highest BCUT2D eigenvalue weighted by Crippen LogP contribution is 2.37. The summed E-state index contributed by atoms with van der Waals surface area (Å²) >= 11 is 0. The molecule has 0 bridgehead atoms. The van der Waals surface area contributed by atoms with E-state index in [9.17, 15) is 0 Å². The molecule has 2 aliphatic rings. The Balaban J connectivity index is 1.35. The van der Waals surface area contributed by atoms with E-state index in [0.29, 0.717) is 24.3 Å². The Labute approximate surface area is 143 Å². The van der Waals surface area contributed by atoms with Crippen LogP contribution in [0.2, 0.25) is 0 Å². The lowest BCUT2D eigenvalue weighted by Crippen LogP contribution is -2.42. The topological polar surface area (TPSA) is 54.2 Å². The minimum Gasteiger partial charge on any atom is -0.338 e. The van der Waals surface area contributed by atoms with Crippen molar-refractivity contribution in [1.82, 2.24) is 20.4 Å². The largest absolute Gasteiger partial charge is 0.338 e. The molecule has 1 aromatic carbocycles. The molecular formula is C19H26N4O. The highest BCUT2D eigenvalue weighted by atomic mass is 16.5. The molecular weight excluding hydrogens is 300 g/mol. The van der Waals surface area contributed by atoms with Gasteiger partial charge in [0.1, 0.15) is 0 Å². The van der Waals surface area contributed by atoms with Crippen LogP contribution in [0, 0.1) is 18.8 Å². The number of hydrogen-bond acceptors (Lipinski definition) is 5. The fraction of sp³-hybridized carbons (Fsp3) is 0.579. The van der Waals surface area contributed by atoms with Crippen molar-refractivity contribution >= 4 is 0 Å². The summed E-state index contributed by atoms with van der Waals surface area (Å²) in [6, 6.07) is 11.4. The van der Waals surface area contributed by atoms with E-state index in [1.165, 1.54) is 37.9 Å². The molecule has 1 saturated heterocycles. The van der Waals surface area contributed by atoms with Gasteiger partial charge in [-0.1, -0.05) is 41.9 Å². The fourth-order valence-electron chi connectivity index (χ4n) is 4.42. The molecule has 5 nitrogen and oxygen atoms in total. The van der Waals surface area contributed by atoms with Crippen LogP contribution in [-0.2, 0) is 13.1 Å². The van der Waals surface area contributed by atoms with Crippen molar-refractivity contribution in [1.29, 1.82) is 0 Å². The summed E-state index contributed by atoms with van der Waals surface area (Å²) in [4.78, 5) is 6.93. The quantitative estimate of drug-likeness (QED) is 0.915. The summed E-state index contributed by atoms with van der Waals surface area (Å²) in [7, 11) is 0. The maximum Gasteiger partial charge on any atom is 0.240 e. The van der Waals surface area contributed by atoms with Gasteiger partial charge in [0, 0.05) is 25.7 Å². The van der Waals surface area contributed by atoms with Crippen molar-refractivity contribution in [3.63, 3.8) is 0 Å². The number of hydrogen-bond donors (Lipinski definition) is 1. The Hall–Kier alpha value is -1.72. The van der Waals surface area contributed by atoms with Gasteiger partial charge in [-0.05, 0) is 37.2 Å². The first-order valence-corrected chi connectivity index (χ1v) is 9.07. The number of rotatable bonds is 5. The van der Waals surface area contributed by atoms with Gasteiger partial charge >= 0.3 is 0 Å². The van der Waals surface area contributed by atoms with Crippen molar-refractivity contribution in [3.05, 3.63) is 47.6 Å². The standard InChI is InChI=1S/C19H26N4O/c1-14-21-19(24-22-14)10-20-18-9-5-8-16-12-23(13-17(16)18)11-15-6-3-2-4-7-15/h2-4,6-7,16-18,20H,5,8-13H2,1H3/t16-,17+,18+/m0/s1. The first kappa shape index (κ1) is 15.8. The van der Waals surface area contributed by atoms with E-state index in [1.54, 1.807) is 0 Å². The van der Waals surface area contributed by atoms with Crippen molar-refractivity contribution in [3.8, 4) is 0 Å². The Morgan fingerprint density at radius 2 is 2.08 bits per heavy atom. The van der Waals surface area contributed by atoms with E-state index in [4.69, 9.17) is 4.52 Å². The molecule has 24 heavy (non-hydrogen) atoms. The normalized spacial score (nSPS) is 27.3. The Kier molecular flexibility index (Phi) is 4.63. The van der Waals surface area contributed by atoms with Gasteiger partial charge in [-0.15, -0.1) is 0 Å². The van der Waals surface area contributed by atoms with Crippen LogP contribution in [0.5, 0.6) is 0 Å². The molecule has 0 amide bonds. The van der Waals surface area contributed by atoms with Gasteiger partial charge in [0.15, 0.2) is 5.82 Å². The molecule has 2 heterocycles. The maximum absolute atomic E-state index is 5.23. The lowest BCUT2D eigenvalue weighted by molar-refractivity contribution is 0.214. The zero-order valence-corrected chi connectivity index (χ0v) is 14.3. The van der Waals surface area contributed by atoms with Crippen molar-refractivity contribution in [2.75, 3.05) is 13.1 Å². The molecule has 2 fully saturated rings. The maximum atomic E-state index is 5.23. The molecule has 1 N–H and O–H groups in total. The van der Waals surface area contributed by atoms with Gasteiger partial charge in [0.25, 0.3) is 0 Å². The van der Waals surface area contributed by atoms with E-state index in [2.05, 4.69) is 50.7 Å². The predicted molar refractivity (Wildman–Crippen MR) is 92.2 cm³/mol. The zero-order valence-electron chi connectivity index (χ0n) is 14.3. The van der Waals surface area contributed by atoms with E-state index >= 15 is 0 Å². The predicted octanol–water partition coefficient (Wildman–Crippen LogP) is 2.77.